The van der Waals surface area contributed by atoms with E-state index in [1.807, 2.05) is 24.4 Å². The van der Waals surface area contributed by atoms with Crippen molar-refractivity contribution in [3.63, 3.8) is 0 Å². The van der Waals surface area contributed by atoms with Crippen LogP contribution in [0.2, 0.25) is 0 Å². The molecule has 4 rings (SSSR count). The average Bonchev–Trinajstić information content (AvgIpc) is 3.33. The molecule has 0 saturated carbocycles. The van der Waals surface area contributed by atoms with Crippen LogP contribution in [0.4, 0.5) is 4.39 Å². The summed E-state index contributed by atoms with van der Waals surface area (Å²) in [6.45, 7) is 0.648. The predicted molar refractivity (Wildman–Crippen MR) is 110 cm³/mol. The summed E-state index contributed by atoms with van der Waals surface area (Å²) in [6.07, 6.45) is 5.17. The number of amides is 1. The minimum absolute atomic E-state index is 0.209. The van der Waals surface area contributed by atoms with Gasteiger partial charge in [0.25, 0.3) is 5.91 Å². The van der Waals surface area contributed by atoms with Gasteiger partial charge in [0.15, 0.2) is 5.82 Å². The standard InChI is InChI=1S/C23H19FN4O2/c24-20-7-5-17(6-8-20)16-30-21-4-1-3-19(14-21)23(29)26-15-18-9-11-25-22(13-18)28-12-2-10-27-28/h1-14H,15-16H2,(H,26,29). The maximum Gasteiger partial charge on any atom is 0.251 e. The Morgan fingerprint density at radius 2 is 1.87 bits per heavy atom. The molecule has 0 spiro atoms. The van der Waals surface area contributed by atoms with Crippen molar-refractivity contribution in [3.8, 4) is 11.6 Å². The van der Waals surface area contributed by atoms with E-state index in [2.05, 4.69) is 15.4 Å². The zero-order valence-corrected chi connectivity index (χ0v) is 16.0. The van der Waals surface area contributed by atoms with Crippen LogP contribution in [0.5, 0.6) is 5.75 Å². The molecule has 0 fully saturated rings. The third-order valence-electron chi connectivity index (χ3n) is 4.42. The van der Waals surface area contributed by atoms with E-state index in [1.54, 1.807) is 53.5 Å². The van der Waals surface area contributed by atoms with Crippen molar-refractivity contribution >= 4 is 5.91 Å². The molecule has 0 saturated heterocycles. The molecule has 2 heterocycles. The number of rotatable bonds is 7. The molecule has 1 amide bonds. The van der Waals surface area contributed by atoms with Crippen LogP contribution in [-0.4, -0.2) is 20.7 Å². The number of halogens is 1. The van der Waals surface area contributed by atoms with E-state index >= 15 is 0 Å². The highest BCUT2D eigenvalue weighted by molar-refractivity contribution is 5.94. The monoisotopic (exact) mass is 402 g/mol. The molecule has 1 N–H and O–H groups in total. The minimum atomic E-state index is -0.289. The summed E-state index contributed by atoms with van der Waals surface area (Å²) in [5.74, 6) is 0.753. The van der Waals surface area contributed by atoms with E-state index < -0.39 is 0 Å². The molecule has 2 aromatic heterocycles. The number of benzene rings is 2. The number of nitrogens with one attached hydrogen (secondary N) is 1. The van der Waals surface area contributed by atoms with Crippen LogP contribution < -0.4 is 10.1 Å². The van der Waals surface area contributed by atoms with Crippen molar-refractivity contribution in [1.82, 2.24) is 20.1 Å². The fraction of sp³-hybridized carbons (Fsp3) is 0.0870. The smallest absolute Gasteiger partial charge is 0.251 e. The molecular weight excluding hydrogens is 383 g/mol. The number of hydrogen-bond acceptors (Lipinski definition) is 4. The maximum atomic E-state index is 13.0. The molecule has 2 aromatic carbocycles. The number of aromatic nitrogens is 3. The molecule has 4 aromatic rings. The first-order chi connectivity index (χ1) is 14.7. The minimum Gasteiger partial charge on any atom is -0.489 e. The Morgan fingerprint density at radius 1 is 1.00 bits per heavy atom. The van der Waals surface area contributed by atoms with Gasteiger partial charge in [-0.25, -0.2) is 14.1 Å². The lowest BCUT2D eigenvalue weighted by molar-refractivity contribution is 0.0950. The lowest BCUT2D eigenvalue weighted by atomic mass is 10.2. The quantitative estimate of drug-likeness (QED) is 0.509. The van der Waals surface area contributed by atoms with Crippen molar-refractivity contribution in [2.75, 3.05) is 0 Å². The second kappa shape index (κ2) is 9.00. The lowest BCUT2D eigenvalue weighted by Crippen LogP contribution is -2.23. The van der Waals surface area contributed by atoms with E-state index in [0.717, 1.165) is 11.1 Å². The van der Waals surface area contributed by atoms with E-state index in [0.29, 0.717) is 30.3 Å². The van der Waals surface area contributed by atoms with Crippen LogP contribution in [0, 0.1) is 5.82 Å². The van der Waals surface area contributed by atoms with Crippen LogP contribution in [0.25, 0.3) is 5.82 Å². The fourth-order valence-corrected chi connectivity index (χ4v) is 2.86. The van der Waals surface area contributed by atoms with Crippen molar-refractivity contribution in [2.24, 2.45) is 0 Å². The maximum absolute atomic E-state index is 13.0. The number of nitrogens with zero attached hydrogens (tertiary/aromatic N) is 3. The molecular formula is C23H19FN4O2. The molecule has 0 bridgehead atoms. The van der Waals surface area contributed by atoms with Gasteiger partial charge in [-0.05, 0) is 59.7 Å². The molecule has 0 unspecified atom stereocenters. The first-order valence-corrected chi connectivity index (χ1v) is 9.38. The zero-order valence-electron chi connectivity index (χ0n) is 16.0. The topological polar surface area (TPSA) is 69.0 Å². The molecule has 150 valence electrons. The van der Waals surface area contributed by atoms with Gasteiger partial charge in [0, 0.05) is 30.7 Å². The van der Waals surface area contributed by atoms with Gasteiger partial charge in [-0.15, -0.1) is 0 Å². The van der Waals surface area contributed by atoms with Gasteiger partial charge in [0.1, 0.15) is 18.2 Å². The summed E-state index contributed by atoms with van der Waals surface area (Å²) in [4.78, 5) is 16.8. The summed E-state index contributed by atoms with van der Waals surface area (Å²) >= 11 is 0. The first kappa shape index (κ1) is 19.3. The molecule has 0 atom stereocenters. The average molecular weight is 402 g/mol. The van der Waals surface area contributed by atoms with Gasteiger partial charge >= 0.3 is 0 Å². The summed E-state index contributed by atoms with van der Waals surface area (Å²) in [7, 11) is 0. The lowest BCUT2D eigenvalue weighted by Gasteiger charge is -2.10. The highest BCUT2D eigenvalue weighted by Crippen LogP contribution is 2.16. The first-order valence-electron chi connectivity index (χ1n) is 9.38. The van der Waals surface area contributed by atoms with E-state index in [-0.39, 0.29) is 11.7 Å². The molecule has 0 aliphatic rings. The molecule has 30 heavy (non-hydrogen) atoms. The summed E-state index contributed by atoms with van der Waals surface area (Å²) in [5.41, 5.74) is 2.25. The second-order valence-electron chi connectivity index (χ2n) is 6.60. The molecule has 6 nitrogen and oxygen atoms in total. The number of carbonyl (C=O) groups excluding carboxylic acids is 1. The number of hydrogen-bond donors (Lipinski definition) is 1. The fourth-order valence-electron chi connectivity index (χ4n) is 2.86. The van der Waals surface area contributed by atoms with Gasteiger partial charge in [-0.2, -0.15) is 5.10 Å². The Labute approximate surface area is 173 Å². The largest absolute Gasteiger partial charge is 0.489 e. The van der Waals surface area contributed by atoms with Crippen LogP contribution >= 0.6 is 0 Å². The van der Waals surface area contributed by atoms with Gasteiger partial charge in [-0.3, -0.25) is 4.79 Å². The van der Waals surface area contributed by atoms with Crippen molar-refractivity contribution in [2.45, 2.75) is 13.2 Å². The highest BCUT2D eigenvalue weighted by Gasteiger charge is 2.08. The van der Waals surface area contributed by atoms with Crippen LogP contribution in [0.3, 0.4) is 0 Å². The van der Waals surface area contributed by atoms with E-state index in [9.17, 15) is 9.18 Å². The van der Waals surface area contributed by atoms with Crippen molar-refractivity contribution in [3.05, 3.63) is 108 Å². The Morgan fingerprint density at radius 3 is 2.67 bits per heavy atom. The normalized spacial score (nSPS) is 10.6. The zero-order chi connectivity index (χ0) is 20.8. The Bertz CT molecular complexity index is 1130. The third-order valence-corrected chi connectivity index (χ3v) is 4.42. The van der Waals surface area contributed by atoms with Gasteiger partial charge in [0.05, 0.1) is 0 Å². The van der Waals surface area contributed by atoms with E-state index in [1.165, 1.54) is 12.1 Å². The summed E-state index contributed by atoms with van der Waals surface area (Å²) in [5, 5.41) is 7.06. The summed E-state index contributed by atoms with van der Waals surface area (Å²) < 4.78 is 20.4. The van der Waals surface area contributed by atoms with Crippen LogP contribution in [-0.2, 0) is 13.2 Å². The van der Waals surface area contributed by atoms with Crippen LogP contribution in [0.15, 0.2) is 85.3 Å². The Hall–Kier alpha value is -4.00. The van der Waals surface area contributed by atoms with Crippen LogP contribution in [0.1, 0.15) is 21.5 Å². The predicted octanol–water partition coefficient (Wildman–Crippen LogP) is 3.92. The number of carbonyl (C=O) groups is 1. The number of ether oxygens (including phenoxy) is 1. The van der Waals surface area contributed by atoms with Crippen molar-refractivity contribution < 1.29 is 13.9 Å². The number of pyridine rings is 1. The Balaban J connectivity index is 1.36. The third kappa shape index (κ3) is 4.88. The summed E-state index contributed by atoms with van der Waals surface area (Å²) in [6, 6.07) is 18.6. The van der Waals surface area contributed by atoms with Gasteiger partial charge in [0.2, 0.25) is 0 Å². The van der Waals surface area contributed by atoms with Gasteiger partial charge in [-0.1, -0.05) is 18.2 Å². The molecule has 7 heteroatoms. The van der Waals surface area contributed by atoms with E-state index in [4.69, 9.17) is 4.74 Å². The second-order valence-corrected chi connectivity index (χ2v) is 6.60. The van der Waals surface area contributed by atoms with Gasteiger partial charge < -0.3 is 10.1 Å². The van der Waals surface area contributed by atoms with Crippen molar-refractivity contribution in [1.29, 1.82) is 0 Å². The molecule has 0 aliphatic heterocycles. The Kier molecular flexibility index (Phi) is 5.80. The molecule has 0 radical (unpaired) electrons. The molecule has 0 aliphatic carbocycles. The highest BCUT2D eigenvalue weighted by atomic mass is 19.1. The SMILES string of the molecule is O=C(NCc1ccnc(-n2cccn2)c1)c1cccc(OCc2ccc(F)cc2)c1.